The Balaban J connectivity index is 0.000000302. The summed E-state index contributed by atoms with van der Waals surface area (Å²) in [5, 5.41) is 0.164. The Morgan fingerprint density at radius 2 is 1.50 bits per heavy atom. The number of alkyl halides is 6. The van der Waals surface area contributed by atoms with Gasteiger partial charge in [0, 0.05) is 11.5 Å². The van der Waals surface area contributed by atoms with Crippen LogP contribution >= 0.6 is 0 Å². The minimum atomic E-state index is -4.95. The van der Waals surface area contributed by atoms with Crippen molar-refractivity contribution in [1.82, 2.24) is 4.98 Å². The van der Waals surface area contributed by atoms with Crippen molar-refractivity contribution >= 4 is 28.3 Å². The monoisotopic (exact) mass is 550 g/mol. The largest absolute Gasteiger partial charge is 0.495 e. The second-order valence-electron chi connectivity index (χ2n) is 7.07. The molecule has 14 heteroatoms. The van der Waals surface area contributed by atoms with E-state index in [0.717, 1.165) is 5.75 Å². The summed E-state index contributed by atoms with van der Waals surface area (Å²) in [6.45, 7) is 1.40. The zero-order valence-electron chi connectivity index (χ0n) is 20.3. The molecule has 0 spiro atoms. The number of carbonyl (C=O) groups excluding carboxylic acids is 2. The van der Waals surface area contributed by atoms with Crippen molar-refractivity contribution in [2.75, 3.05) is 26.6 Å². The van der Waals surface area contributed by atoms with Crippen LogP contribution < -0.4 is 20.6 Å². The lowest BCUT2D eigenvalue weighted by Gasteiger charge is -2.10. The third-order valence-corrected chi connectivity index (χ3v) is 4.42. The van der Waals surface area contributed by atoms with Gasteiger partial charge < -0.3 is 24.9 Å². The van der Waals surface area contributed by atoms with Crippen LogP contribution in [0.25, 0.3) is 10.9 Å². The van der Waals surface area contributed by atoms with E-state index in [2.05, 4.69) is 9.72 Å². The number of anilines is 1. The second-order valence-corrected chi connectivity index (χ2v) is 7.07. The van der Waals surface area contributed by atoms with Crippen molar-refractivity contribution in [3.05, 3.63) is 64.4 Å². The summed E-state index contributed by atoms with van der Waals surface area (Å²) in [5.41, 5.74) is 4.46. The lowest BCUT2D eigenvalue weighted by Crippen LogP contribution is -2.26. The molecule has 0 aliphatic rings. The molecule has 0 saturated carbocycles. The first kappa shape index (κ1) is 31.8. The van der Waals surface area contributed by atoms with Gasteiger partial charge in [-0.3, -0.25) is 14.4 Å². The molecule has 3 aromatic rings. The number of esters is 1. The van der Waals surface area contributed by atoms with Gasteiger partial charge in [-0.1, -0.05) is 18.2 Å². The number of aromatic amines is 1. The van der Waals surface area contributed by atoms with Crippen molar-refractivity contribution in [3.63, 3.8) is 0 Å². The van der Waals surface area contributed by atoms with Gasteiger partial charge in [-0.2, -0.15) is 26.3 Å². The van der Waals surface area contributed by atoms with Crippen LogP contribution in [0.3, 0.4) is 0 Å². The van der Waals surface area contributed by atoms with E-state index in [1.165, 1.54) is 26.2 Å². The first-order valence-electron chi connectivity index (χ1n) is 10.6. The van der Waals surface area contributed by atoms with E-state index >= 15 is 0 Å². The molecule has 0 aliphatic heterocycles. The van der Waals surface area contributed by atoms with Gasteiger partial charge in [0.25, 0.3) is 0 Å². The molecule has 3 N–H and O–H groups in total. The third kappa shape index (κ3) is 9.67. The SMILES string of the molecule is CCOC(=O)CC(=O)C(F)(F)F.COc1cccc2c(=O)cc(C(F)(F)F)[nH]c12.COc1ccccc1N. The molecule has 0 atom stereocenters. The zero-order chi connectivity index (χ0) is 29.1. The summed E-state index contributed by atoms with van der Waals surface area (Å²) in [6.07, 6.45) is -10.8. The van der Waals surface area contributed by atoms with Crippen molar-refractivity contribution < 1.29 is 50.1 Å². The first-order chi connectivity index (χ1) is 17.6. The number of carbonyl (C=O) groups is 2. The molecule has 0 aliphatic carbocycles. The van der Waals surface area contributed by atoms with Gasteiger partial charge in [0.05, 0.1) is 32.0 Å². The van der Waals surface area contributed by atoms with Crippen molar-refractivity contribution in [2.24, 2.45) is 0 Å². The van der Waals surface area contributed by atoms with Crippen LogP contribution in [0, 0.1) is 0 Å². The molecule has 1 heterocycles. The van der Waals surface area contributed by atoms with Crippen LogP contribution in [0.4, 0.5) is 32.0 Å². The number of para-hydroxylation sites is 3. The van der Waals surface area contributed by atoms with Crippen molar-refractivity contribution in [1.29, 1.82) is 0 Å². The van der Waals surface area contributed by atoms with Crippen molar-refractivity contribution in [3.8, 4) is 11.5 Å². The fraction of sp³-hybridized carbons (Fsp3) is 0.292. The number of aromatic nitrogens is 1. The number of hydrogen-bond donors (Lipinski definition) is 2. The molecule has 208 valence electrons. The number of ether oxygens (including phenoxy) is 3. The normalized spacial score (nSPS) is 10.9. The van der Waals surface area contributed by atoms with Crippen LogP contribution in [-0.2, 0) is 20.5 Å². The number of Topliss-reactive ketones (excluding diaryl/α,β-unsaturated/α-hetero) is 1. The Hall–Kier alpha value is -4.23. The van der Waals surface area contributed by atoms with Gasteiger partial charge in [-0.25, -0.2) is 0 Å². The van der Waals surface area contributed by atoms with E-state index in [-0.39, 0.29) is 23.3 Å². The highest BCUT2D eigenvalue weighted by atomic mass is 19.4. The minimum Gasteiger partial charge on any atom is -0.495 e. The smallest absolute Gasteiger partial charge is 0.450 e. The van der Waals surface area contributed by atoms with Crippen LogP contribution in [0.1, 0.15) is 19.0 Å². The van der Waals surface area contributed by atoms with Gasteiger partial charge in [0.1, 0.15) is 23.6 Å². The molecule has 0 saturated heterocycles. The zero-order valence-corrected chi connectivity index (χ0v) is 20.3. The highest BCUT2D eigenvalue weighted by Gasteiger charge is 2.39. The maximum atomic E-state index is 12.5. The molecule has 0 fully saturated rings. The predicted molar refractivity (Wildman–Crippen MR) is 126 cm³/mol. The van der Waals surface area contributed by atoms with Crippen molar-refractivity contribution in [2.45, 2.75) is 25.7 Å². The number of pyridine rings is 1. The lowest BCUT2D eigenvalue weighted by molar-refractivity contribution is -0.174. The summed E-state index contributed by atoms with van der Waals surface area (Å²) in [7, 11) is 2.93. The Labute approximate surface area is 212 Å². The van der Waals surface area contributed by atoms with E-state index in [1.807, 2.05) is 18.2 Å². The fourth-order valence-electron chi connectivity index (χ4n) is 2.68. The number of hydrogen-bond acceptors (Lipinski definition) is 7. The van der Waals surface area contributed by atoms with Crippen LogP contribution in [0.15, 0.2) is 53.3 Å². The Morgan fingerprint density at radius 1 is 0.921 bits per heavy atom. The molecule has 0 amide bonds. The number of nitrogens with two attached hydrogens (primary N) is 1. The summed E-state index contributed by atoms with van der Waals surface area (Å²) < 4.78 is 86.0. The first-order valence-corrected chi connectivity index (χ1v) is 10.6. The van der Waals surface area contributed by atoms with Gasteiger partial charge >= 0.3 is 18.3 Å². The van der Waals surface area contributed by atoms with Crippen LogP contribution in [0.2, 0.25) is 0 Å². The Bertz CT molecular complexity index is 1290. The maximum Gasteiger partial charge on any atom is 0.450 e. The topological polar surface area (TPSA) is 121 Å². The third-order valence-electron chi connectivity index (χ3n) is 4.42. The molecule has 1 aromatic heterocycles. The minimum absolute atomic E-state index is 0.0377. The number of benzene rings is 2. The van der Waals surface area contributed by atoms with E-state index < -0.39 is 41.6 Å². The lowest BCUT2D eigenvalue weighted by atomic mass is 10.2. The number of methoxy groups -OCH3 is 2. The highest BCUT2D eigenvalue weighted by Crippen LogP contribution is 2.29. The molecule has 3 rings (SSSR count). The second kappa shape index (κ2) is 13.9. The number of ketones is 1. The molecule has 0 bridgehead atoms. The van der Waals surface area contributed by atoms with Gasteiger partial charge in [0.15, 0.2) is 5.43 Å². The standard InChI is InChI=1S/C11H8F3NO2.C7H9NO.C6H7F3O3/c1-17-8-4-2-3-6-7(16)5-9(11(12,13)14)15-10(6)8;1-9-7-5-3-2-4-6(7)8;1-2-12-5(11)3-4(10)6(7,8)9/h2-5H,1H3,(H,15,16);2-5H,8H2,1H3;2-3H2,1H3. The number of rotatable bonds is 5. The highest BCUT2D eigenvalue weighted by molar-refractivity contribution is 5.98. The van der Waals surface area contributed by atoms with Gasteiger partial charge in [0.2, 0.25) is 5.78 Å². The number of fused-ring (bicyclic) bond motifs is 1. The number of nitrogens with one attached hydrogen (secondary N) is 1. The molecule has 0 radical (unpaired) electrons. The van der Waals surface area contributed by atoms with E-state index in [1.54, 1.807) is 19.2 Å². The van der Waals surface area contributed by atoms with Gasteiger partial charge in [-0.15, -0.1) is 0 Å². The number of halogens is 6. The molecule has 0 unspecified atom stereocenters. The molecular weight excluding hydrogens is 526 g/mol. The maximum absolute atomic E-state index is 12.5. The van der Waals surface area contributed by atoms with Gasteiger partial charge in [-0.05, 0) is 31.2 Å². The molecule has 2 aromatic carbocycles. The quantitative estimate of drug-likeness (QED) is 0.201. The van der Waals surface area contributed by atoms with E-state index in [0.29, 0.717) is 11.8 Å². The molecule has 38 heavy (non-hydrogen) atoms. The average molecular weight is 550 g/mol. The van der Waals surface area contributed by atoms with E-state index in [9.17, 15) is 40.7 Å². The van der Waals surface area contributed by atoms with Crippen LogP contribution in [0.5, 0.6) is 11.5 Å². The van der Waals surface area contributed by atoms with E-state index in [4.69, 9.17) is 15.2 Å². The summed E-state index contributed by atoms with van der Waals surface area (Å²) in [5.74, 6) is -2.30. The fourth-order valence-corrected chi connectivity index (χ4v) is 2.68. The summed E-state index contributed by atoms with van der Waals surface area (Å²) in [6, 6.07) is 12.4. The molecule has 8 nitrogen and oxygen atoms in total. The predicted octanol–water partition coefficient (Wildman–Crippen LogP) is 4.90. The average Bonchev–Trinajstić information content (AvgIpc) is 2.84. The van der Waals surface area contributed by atoms with Crippen LogP contribution in [-0.4, -0.2) is 43.7 Å². The Morgan fingerprint density at radius 3 is 1.97 bits per heavy atom. The summed E-state index contributed by atoms with van der Waals surface area (Å²) in [4.78, 5) is 34.2. The summed E-state index contributed by atoms with van der Waals surface area (Å²) >= 11 is 0. The number of H-pyrrole nitrogens is 1. The number of nitrogen functional groups attached to an aromatic ring is 1. The Kier molecular flexibility index (Phi) is 11.6. The molecular formula is C24H24F6N2O6.